The standard InChI is InChI=1S/C16H21N3O2/c1-11-4-3-7-16(8-11,10-20)19-15(21)14-6-5-13(9-17)12(2)18-14/h5-6,11,20H,3-4,7-8,10H2,1-2H3,(H,19,21). The fraction of sp³-hybridized carbons (Fsp3) is 0.562. The van der Waals surface area contributed by atoms with Crippen molar-refractivity contribution >= 4 is 5.91 Å². The van der Waals surface area contributed by atoms with Crippen molar-refractivity contribution in [2.45, 2.75) is 45.1 Å². The third kappa shape index (κ3) is 3.40. The molecule has 2 rings (SSSR count). The molecule has 1 fully saturated rings. The Hall–Kier alpha value is -1.93. The molecule has 5 nitrogen and oxygen atoms in total. The molecule has 0 saturated heterocycles. The fourth-order valence-corrected chi connectivity index (χ4v) is 3.07. The van der Waals surface area contributed by atoms with Gasteiger partial charge >= 0.3 is 0 Å². The summed E-state index contributed by atoms with van der Waals surface area (Å²) in [6.07, 6.45) is 3.70. The van der Waals surface area contributed by atoms with E-state index >= 15 is 0 Å². The van der Waals surface area contributed by atoms with Crippen molar-refractivity contribution in [2.24, 2.45) is 5.92 Å². The van der Waals surface area contributed by atoms with E-state index < -0.39 is 5.54 Å². The number of carbonyl (C=O) groups excluding carboxylic acids is 1. The van der Waals surface area contributed by atoms with Crippen LogP contribution in [0.2, 0.25) is 0 Å². The average Bonchev–Trinajstić information content (AvgIpc) is 2.47. The summed E-state index contributed by atoms with van der Waals surface area (Å²) in [5.41, 5.74) is 0.755. The number of rotatable bonds is 3. The third-order valence-corrected chi connectivity index (χ3v) is 4.21. The summed E-state index contributed by atoms with van der Waals surface area (Å²) < 4.78 is 0. The third-order valence-electron chi connectivity index (χ3n) is 4.21. The molecule has 21 heavy (non-hydrogen) atoms. The number of pyridine rings is 1. The lowest BCUT2D eigenvalue weighted by molar-refractivity contribution is 0.0692. The smallest absolute Gasteiger partial charge is 0.270 e. The zero-order valence-corrected chi connectivity index (χ0v) is 12.5. The topological polar surface area (TPSA) is 86.0 Å². The summed E-state index contributed by atoms with van der Waals surface area (Å²) >= 11 is 0. The Kier molecular flexibility index (Phi) is 4.59. The maximum atomic E-state index is 12.4. The van der Waals surface area contributed by atoms with Gasteiger partial charge in [-0.2, -0.15) is 5.26 Å². The fourth-order valence-electron chi connectivity index (χ4n) is 3.07. The molecule has 112 valence electrons. The van der Waals surface area contributed by atoms with Gasteiger partial charge in [-0.05, 0) is 37.8 Å². The van der Waals surface area contributed by atoms with Gasteiger partial charge < -0.3 is 10.4 Å². The maximum Gasteiger partial charge on any atom is 0.270 e. The van der Waals surface area contributed by atoms with Gasteiger partial charge in [-0.3, -0.25) is 4.79 Å². The van der Waals surface area contributed by atoms with Crippen LogP contribution in [-0.2, 0) is 0 Å². The number of hydrogen-bond acceptors (Lipinski definition) is 4. The minimum Gasteiger partial charge on any atom is -0.394 e. The van der Waals surface area contributed by atoms with Crippen LogP contribution >= 0.6 is 0 Å². The minimum atomic E-state index is -0.543. The quantitative estimate of drug-likeness (QED) is 0.889. The number of aliphatic hydroxyl groups is 1. The SMILES string of the molecule is Cc1nc(C(=O)NC2(CO)CCCC(C)C2)ccc1C#N. The number of hydrogen-bond donors (Lipinski definition) is 2. The highest BCUT2D eigenvalue weighted by molar-refractivity contribution is 5.93. The van der Waals surface area contributed by atoms with Crippen LogP contribution in [0.15, 0.2) is 12.1 Å². The number of aliphatic hydroxyl groups excluding tert-OH is 1. The van der Waals surface area contributed by atoms with Gasteiger partial charge in [-0.25, -0.2) is 4.98 Å². The second-order valence-electron chi connectivity index (χ2n) is 6.04. The van der Waals surface area contributed by atoms with Crippen molar-refractivity contribution < 1.29 is 9.90 Å². The number of nitrogens with one attached hydrogen (secondary N) is 1. The van der Waals surface area contributed by atoms with Crippen LogP contribution in [0.5, 0.6) is 0 Å². The molecule has 1 aliphatic carbocycles. The highest BCUT2D eigenvalue weighted by Gasteiger charge is 2.36. The van der Waals surface area contributed by atoms with Crippen LogP contribution in [0.25, 0.3) is 0 Å². The Balaban J connectivity index is 2.16. The number of nitriles is 1. The summed E-state index contributed by atoms with van der Waals surface area (Å²) in [5.74, 6) is 0.201. The normalized spacial score (nSPS) is 25.1. The van der Waals surface area contributed by atoms with Crippen LogP contribution in [0, 0.1) is 24.2 Å². The van der Waals surface area contributed by atoms with Gasteiger partial charge in [0.2, 0.25) is 0 Å². The monoisotopic (exact) mass is 287 g/mol. The Morgan fingerprint density at radius 1 is 1.62 bits per heavy atom. The summed E-state index contributed by atoms with van der Waals surface area (Å²) in [6.45, 7) is 3.79. The molecule has 2 N–H and O–H groups in total. The summed E-state index contributed by atoms with van der Waals surface area (Å²) in [5, 5.41) is 21.6. The van der Waals surface area contributed by atoms with Gasteiger partial charge in [-0.1, -0.05) is 19.8 Å². The van der Waals surface area contributed by atoms with Crippen molar-refractivity contribution in [3.05, 3.63) is 29.1 Å². The molecule has 0 aliphatic heterocycles. The zero-order valence-electron chi connectivity index (χ0n) is 12.5. The van der Waals surface area contributed by atoms with Gasteiger partial charge in [0, 0.05) is 0 Å². The molecule has 1 aromatic heterocycles. The Morgan fingerprint density at radius 3 is 2.95 bits per heavy atom. The first-order chi connectivity index (χ1) is 9.99. The Morgan fingerprint density at radius 2 is 2.38 bits per heavy atom. The number of amides is 1. The molecule has 1 heterocycles. The van der Waals surface area contributed by atoms with Crippen molar-refractivity contribution in [1.29, 1.82) is 5.26 Å². The van der Waals surface area contributed by atoms with Gasteiger partial charge in [-0.15, -0.1) is 0 Å². The number of aromatic nitrogens is 1. The first-order valence-corrected chi connectivity index (χ1v) is 7.31. The van der Waals surface area contributed by atoms with E-state index in [1.54, 1.807) is 19.1 Å². The van der Waals surface area contributed by atoms with Gasteiger partial charge in [0.15, 0.2) is 0 Å². The summed E-state index contributed by atoms with van der Waals surface area (Å²) in [4.78, 5) is 16.5. The average molecular weight is 287 g/mol. The zero-order chi connectivity index (χ0) is 15.5. The van der Waals surface area contributed by atoms with E-state index in [-0.39, 0.29) is 18.2 Å². The second-order valence-corrected chi connectivity index (χ2v) is 6.04. The lowest BCUT2D eigenvalue weighted by Gasteiger charge is -2.39. The highest BCUT2D eigenvalue weighted by Crippen LogP contribution is 2.32. The Labute approximate surface area is 125 Å². The van der Waals surface area contributed by atoms with Crippen LogP contribution in [-0.4, -0.2) is 28.1 Å². The predicted octanol–water partition coefficient (Wildman–Crippen LogP) is 1.93. The highest BCUT2D eigenvalue weighted by atomic mass is 16.3. The summed E-state index contributed by atoms with van der Waals surface area (Å²) in [7, 11) is 0. The van der Waals surface area contributed by atoms with Gasteiger partial charge in [0.05, 0.1) is 23.4 Å². The Bertz CT molecular complexity index is 579. The van der Waals surface area contributed by atoms with E-state index in [9.17, 15) is 9.90 Å². The van der Waals surface area contributed by atoms with Crippen LogP contribution in [0.3, 0.4) is 0 Å². The van der Waals surface area contributed by atoms with E-state index in [0.717, 1.165) is 25.7 Å². The van der Waals surface area contributed by atoms with Crippen LogP contribution in [0.4, 0.5) is 0 Å². The van der Waals surface area contributed by atoms with E-state index in [1.807, 2.05) is 6.07 Å². The number of nitrogens with zero attached hydrogens (tertiary/aromatic N) is 2. The van der Waals surface area contributed by atoms with Crippen molar-refractivity contribution in [1.82, 2.24) is 10.3 Å². The molecular weight excluding hydrogens is 266 g/mol. The van der Waals surface area contributed by atoms with E-state index in [1.165, 1.54) is 0 Å². The van der Waals surface area contributed by atoms with Crippen LogP contribution < -0.4 is 5.32 Å². The van der Waals surface area contributed by atoms with Crippen LogP contribution in [0.1, 0.15) is 54.4 Å². The minimum absolute atomic E-state index is 0.0572. The molecule has 1 aliphatic rings. The van der Waals surface area contributed by atoms with E-state index in [4.69, 9.17) is 5.26 Å². The predicted molar refractivity (Wildman–Crippen MR) is 78.6 cm³/mol. The molecule has 1 aromatic rings. The van der Waals surface area contributed by atoms with Gasteiger partial charge in [0.25, 0.3) is 5.91 Å². The lowest BCUT2D eigenvalue weighted by Crippen LogP contribution is -2.54. The molecule has 2 atom stereocenters. The van der Waals surface area contributed by atoms with Crippen molar-refractivity contribution in [3.63, 3.8) is 0 Å². The molecular formula is C16H21N3O2. The maximum absolute atomic E-state index is 12.4. The second kappa shape index (κ2) is 6.23. The number of carbonyl (C=O) groups is 1. The lowest BCUT2D eigenvalue weighted by atomic mass is 9.77. The largest absolute Gasteiger partial charge is 0.394 e. The van der Waals surface area contributed by atoms with Crippen molar-refractivity contribution in [3.8, 4) is 6.07 Å². The van der Waals surface area contributed by atoms with Gasteiger partial charge in [0.1, 0.15) is 11.8 Å². The first-order valence-electron chi connectivity index (χ1n) is 7.31. The molecule has 2 unspecified atom stereocenters. The molecule has 0 aromatic carbocycles. The van der Waals surface area contributed by atoms with Crippen molar-refractivity contribution in [2.75, 3.05) is 6.61 Å². The summed E-state index contributed by atoms with van der Waals surface area (Å²) in [6, 6.07) is 5.19. The van der Waals surface area contributed by atoms with E-state index in [0.29, 0.717) is 17.2 Å². The molecule has 5 heteroatoms. The molecule has 1 saturated carbocycles. The first kappa shape index (κ1) is 15.5. The molecule has 0 radical (unpaired) electrons. The molecule has 0 spiro atoms. The number of aryl methyl sites for hydroxylation is 1. The molecule has 1 amide bonds. The molecule has 0 bridgehead atoms. The van der Waals surface area contributed by atoms with E-state index in [2.05, 4.69) is 17.2 Å².